The van der Waals surface area contributed by atoms with Crippen molar-refractivity contribution in [3.8, 4) is 0 Å². The summed E-state index contributed by atoms with van der Waals surface area (Å²) in [6.07, 6.45) is 13.0. The van der Waals surface area contributed by atoms with Gasteiger partial charge in [-0.2, -0.15) is 0 Å². The number of nitrogens with two attached hydrogens (primary N) is 1. The first-order valence-electron chi connectivity index (χ1n) is 8.27. The third-order valence-electron chi connectivity index (χ3n) is 4.63. The fourth-order valence-corrected chi connectivity index (χ4v) is 3.62. The second-order valence-electron chi connectivity index (χ2n) is 6.20. The van der Waals surface area contributed by atoms with Crippen LogP contribution in [0.5, 0.6) is 0 Å². The second-order valence-corrected chi connectivity index (χ2v) is 6.61. The summed E-state index contributed by atoms with van der Waals surface area (Å²) in [5, 5.41) is 0.258. The molecule has 3 rings (SSSR count). The van der Waals surface area contributed by atoms with E-state index in [9.17, 15) is 9.59 Å². The lowest BCUT2D eigenvalue weighted by atomic mass is 9.65. The third-order valence-corrected chi connectivity index (χ3v) is 4.94. The molecule has 0 aromatic heterocycles. The lowest BCUT2D eigenvalue weighted by Crippen LogP contribution is -2.47. The van der Waals surface area contributed by atoms with Crippen LogP contribution in [-0.4, -0.2) is 17.3 Å². The Morgan fingerprint density at radius 2 is 1.96 bits per heavy atom. The highest BCUT2D eigenvalue weighted by molar-refractivity contribution is 6.39. The van der Waals surface area contributed by atoms with E-state index in [0.717, 1.165) is 12.8 Å². The number of Topliss-reactive ketones (excluding diaryl/α,β-unsaturated/α-hetero) is 2. The second kappa shape index (κ2) is 7.19. The van der Waals surface area contributed by atoms with Crippen molar-refractivity contribution in [2.45, 2.75) is 25.7 Å². The molecule has 0 amide bonds. The number of carbonyl (C=O) groups is 2. The summed E-state index contributed by atoms with van der Waals surface area (Å²) in [5.41, 5.74) is 5.70. The van der Waals surface area contributed by atoms with Crippen molar-refractivity contribution >= 4 is 34.6 Å². The topological polar surface area (TPSA) is 72.5 Å². The van der Waals surface area contributed by atoms with Crippen molar-refractivity contribution in [2.75, 3.05) is 5.73 Å². The lowest BCUT2D eigenvalue weighted by Gasteiger charge is -2.34. The van der Waals surface area contributed by atoms with Crippen molar-refractivity contribution in [1.82, 2.24) is 0 Å². The number of benzene rings is 1. The fraction of sp³-hybridized carbons (Fsp3) is 0.250. The maximum Gasteiger partial charge on any atom is 0.183 e. The van der Waals surface area contributed by atoms with Gasteiger partial charge in [0.15, 0.2) is 11.6 Å². The molecule has 1 aromatic rings. The Kier molecular flexibility index (Phi) is 5.00. The smallest absolute Gasteiger partial charge is 0.183 e. The van der Waals surface area contributed by atoms with Crippen molar-refractivity contribution in [2.24, 2.45) is 10.4 Å². The summed E-state index contributed by atoms with van der Waals surface area (Å²) in [7, 11) is 0. The van der Waals surface area contributed by atoms with Crippen molar-refractivity contribution in [3.05, 3.63) is 65.4 Å². The molecule has 0 spiro atoms. The third kappa shape index (κ3) is 3.22. The zero-order valence-corrected chi connectivity index (χ0v) is 14.5. The molecule has 2 aliphatic rings. The van der Waals surface area contributed by atoms with Gasteiger partial charge in [0.05, 0.1) is 10.7 Å². The molecule has 1 aromatic carbocycles. The summed E-state index contributed by atoms with van der Waals surface area (Å²) >= 11 is 6.26. The number of rotatable bonds is 3. The van der Waals surface area contributed by atoms with Gasteiger partial charge in [-0.25, -0.2) is 0 Å². The summed E-state index contributed by atoms with van der Waals surface area (Å²) in [6.45, 7) is 0. The summed E-state index contributed by atoms with van der Waals surface area (Å²) in [6, 6.07) is 4.75. The van der Waals surface area contributed by atoms with Crippen LogP contribution in [0.1, 0.15) is 36.0 Å². The standard InChI is InChI=1S/C20H19ClN2O2/c21-16-13-14(22)9-10-15(16)19(25)20(11-5-4-8-18(20)24)17-7-3-1-2-6-12-23-17/h1-3,6-7,9-10,12-13H,4-5,8,11,22H2. The maximum atomic E-state index is 13.5. The van der Waals surface area contributed by atoms with Crippen LogP contribution in [-0.2, 0) is 4.79 Å². The molecule has 0 bridgehead atoms. The van der Waals surface area contributed by atoms with Crippen LogP contribution in [0.25, 0.3) is 0 Å². The Labute approximate surface area is 151 Å². The molecule has 1 atom stereocenters. The zero-order chi connectivity index (χ0) is 17.9. The minimum atomic E-state index is -1.29. The molecular weight excluding hydrogens is 336 g/mol. The van der Waals surface area contributed by atoms with Crippen molar-refractivity contribution in [1.29, 1.82) is 0 Å². The van der Waals surface area contributed by atoms with E-state index in [-0.39, 0.29) is 16.6 Å². The van der Waals surface area contributed by atoms with Crippen LogP contribution >= 0.6 is 11.6 Å². The molecule has 0 radical (unpaired) electrons. The van der Waals surface area contributed by atoms with Gasteiger partial charge in [0, 0.05) is 23.9 Å². The van der Waals surface area contributed by atoms with Gasteiger partial charge in [0.2, 0.25) is 0 Å². The Balaban J connectivity index is 2.15. The minimum absolute atomic E-state index is 0.0991. The number of hydrogen-bond donors (Lipinski definition) is 1. The van der Waals surface area contributed by atoms with E-state index in [4.69, 9.17) is 17.3 Å². The Morgan fingerprint density at radius 3 is 2.72 bits per heavy atom. The van der Waals surface area contributed by atoms with Gasteiger partial charge in [0.25, 0.3) is 0 Å². The monoisotopic (exact) mass is 354 g/mol. The maximum absolute atomic E-state index is 13.5. The molecule has 1 heterocycles. The van der Waals surface area contributed by atoms with Gasteiger partial charge < -0.3 is 5.73 Å². The number of nitrogens with zero attached hydrogens (tertiary/aromatic N) is 1. The van der Waals surface area contributed by atoms with Crippen LogP contribution < -0.4 is 5.73 Å². The molecule has 1 aliphatic carbocycles. The van der Waals surface area contributed by atoms with Crippen molar-refractivity contribution < 1.29 is 9.59 Å². The number of halogens is 1. The fourth-order valence-electron chi connectivity index (χ4n) is 3.34. The molecule has 1 unspecified atom stereocenters. The molecule has 1 aliphatic heterocycles. The van der Waals surface area contributed by atoms with Crippen LogP contribution in [0.3, 0.4) is 0 Å². The summed E-state index contributed by atoms with van der Waals surface area (Å²) in [5.74, 6) is -0.401. The van der Waals surface area contributed by atoms with Gasteiger partial charge in [-0.1, -0.05) is 36.2 Å². The molecular formula is C20H19ClN2O2. The first-order chi connectivity index (χ1) is 12.1. The quantitative estimate of drug-likeness (QED) is 0.499. The van der Waals surface area contributed by atoms with Crippen LogP contribution in [0, 0.1) is 5.41 Å². The molecule has 128 valence electrons. The van der Waals surface area contributed by atoms with Gasteiger partial charge >= 0.3 is 0 Å². The first-order valence-corrected chi connectivity index (χ1v) is 8.65. The number of hydrogen-bond acceptors (Lipinski definition) is 4. The number of ketones is 2. The normalized spacial score (nSPS) is 23.1. The predicted octanol–water partition coefficient (Wildman–Crippen LogP) is 4.32. The van der Waals surface area contributed by atoms with Gasteiger partial charge in [0.1, 0.15) is 5.41 Å². The van der Waals surface area contributed by atoms with E-state index >= 15 is 0 Å². The zero-order valence-electron chi connectivity index (χ0n) is 13.7. The molecule has 1 fully saturated rings. The van der Waals surface area contributed by atoms with E-state index in [2.05, 4.69) is 4.99 Å². The largest absolute Gasteiger partial charge is 0.399 e. The minimum Gasteiger partial charge on any atom is -0.399 e. The van der Waals surface area contributed by atoms with Gasteiger partial charge in [-0.05, 0) is 43.2 Å². The highest BCUT2D eigenvalue weighted by atomic mass is 35.5. The number of carbonyl (C=O) groups excluding carboxylic acids is 2. The van der Waals surface area contributed by atoms with Crippen LogP contribution in [0.15, 0.2) is 59.8 Å². The Bertz CT molecular complexity index is 836. The number of anilines is 1. The van der Waals surface area contributed by atoms with Gasteiger partial charge in [-0.3, -0.25) is 14.6 Å². The van der Waals surface area contributed by atoms with E-state index in [1.165, 1.54) is 6.07 Å². The number of aliphatic imine (C=N–C) groups is 1. The van der Waals surface area contributed by atoms with E-state index in [0.29, 0.717) is 29.8 Å². The highest BCUT2D eigenvalue weighted by Gasteiger charge is 2.50. The SMILES string of the molecule is Nc1ccc(C(=O)C2(C3=NC=CC=CC=C3)CCCCC2=O)c(Cl)c1. The van der Waals surface area contributed by atoms with Crippen LogP contribution in [0.2, 0.25) is 5.02 Å². The Hall–Kier alpha value is -2.46. The van der Waals surface area contributed by atoms with Gasteiger partial charge in [-0.15, -0.1) is 0 Å². The highest BCUT2D eigenvalue weighted by Crippen LogP contribution is 2.40. The molecule has 4 nitrogen and oxygen atoms in total. The van der Waals surface area contributed by atoms with Crippen LogP contribution in [0.4, 0.5) is 5.69 Å². The molecule has 0 saturated heterocycles. The average molecular weight is 355 g/mol. The average Bonchev–Trinajstić information content (AvgIpc) is 2.55. The van der Waals surface area contributed by atoms with Crippen molar-refractivity contribution in [3.63, 3.8) is 0 Å². The van der Waals surface area contributed by atoms with E-state index in [1.54, 1.807) is 36.6 Å². The predicted molar refractivity (Wildman–Crippen MR) is 101 cm³/mol. The lowest BCUT2D eigenvalue weighted by molar-refractivity contribution is -0.125. The Morgan fingerprint density at radius 1 is 1.16 bits per heavy atom. The van der Waals surface area contributed by atoms with E-state index in [1.807, 2.05) is 12.2 Å². The van der Waals surface area contributed by atoms with E-state index < -0.39 is 5.41 Å². The number of nitrogen functional groups attached to an aromatic ring is 1. The molecule has 25 heavy (non-hydrogen) atoms. The molecule has 2 N–H and O–H groups in total. The molecule has 1 saturated carbocycles. The summed E-state index contributed by atoms with van der Waals surface area (Å²) in [4.78, 5) is 30.8. The first kappa shape index (κ1) is 17.4. The molecule has 5 heteroatoms. The number of allylic oxidation sites excluding steroid dienone is 5. The summed E-state index contributed by atoms with van der Waals surface area (Å²) < 4.78 is 0.